The minimum absolute atomic E-state index is 0.00221. The van der Waals surface area contributed by atoms with Gasteiger partial charge in [-0.2, -0.15) is 4.31 Å². The van der Waals surface area contributed by atoms with E-state index in [1.807, 2.05) is 0 Å². The highest BCUT2D eigenvalue weighted by Gasteiger charge is 2.47. The van der Waals surface area contributed by atoms with Crippen LogP contribution in [-0.4, -0.2) is 37.1 Å². The van der Waals surface area contributed by atoms with E-state index < -0.39 is 27.9 Å². The lowest BCUT2D eigenvalue weighted by molar-refractivity contribution is -0.122. The van der Waals surface area contributed by atoms with Crippen LogP contribution in [0.2, 0.25) is 15.1 Å². The van der Waals surface area contributed by atoms with Crippen molar-refractivity contribution in [1.82, 2.24) is 4.31 Å². The number of anilines is 1. The van der Waals surface area contributed by atoms with Gasteiger partial charge in [0.2, 0.25) is 15.9 Å². The zero-order chi connectivity index (χ0) is 24.5. The van der Waals surface area contributed by atoms with E-state index in [1.54, 1.807) is 24.3 Å². The van der Waals surface area contributed by atoms with Crippen molar-refractivity contribution in [3.05, 3.63) is 69.2 Å². The van der Waals surface area contributed by atoms with E-state index in [9.17, 15) is 18.0 Å². The van der Waals surface area contributed by atoms with Crippen molar-refractivity contribution >= 4 is 62.3 Å². The molecular weight excluding hydrogens is 519 g/mol. The first-order chi connectivity index (χ1) is 16.2. The first-order valence-electron chi connectivity index (χ1n) is 11.0. The molecule has 2 aromatic rings. The fraction of sp³-hybridized carbons (Fsp3) is 0.333. The van der Waals surface area contributed by atoms with Gasteiger partial charge in [0.25, 0.3) is 5.91 Å². The molecule has 1 atom stereocenters. The average Bonchev–Trinajstić information content (AvgIpc) is 3.10. The summed E-state index contributed by atoms with van der Waals surface area (Å²) in [5.41, 5.74) is 1.49. The third-order valence-electron chi connectivity index (χ3n) is 6.07. The first-order valence-corrected chi connectivity index (χ1v) is 13.5. The highest BCUT2D eigenvalue weighted by atomic mass is 35.5. The van der Waals surface area contributed by atoms with E-state index in [0.717, 1.165) is 40.5 Å². The summed E-state index contributed by atoms with van der Waals surface area (Å²) >= 11 is 18.2. The first kappa shape index (κ1) is 25.2. The smallest absolute Gasteiger partial charge is 0.252 e. The highest BCUT2D eigenvalue weighted by molar-refractivity contribution is 7.89. The molecule has 1 unspecified atom stereocenters. The van der Waals surface area contributed by atoms with Crippen molar-refractivity contribution in [3.63, 3.8) is 0 Å². The Hall–Kier alpha value is -1.90. The predicted octanol–water partition coefficient (Wildman–Crippen LogP) is 5.86. The lowest BCUT2D eigenvalue weighted by Crippen LogP contribution is -2.46. The molecule has 2 aliphatic rings. The van der Waals surface area contributed by atoms with Crippen LogP contribution in [0.1, 0.15) is 38.5 Å². The number of imide groups is 1. The number of amides is 2. The maximum absolute atomic E-state index is 13.8. The van der Waals surface area contributed by atoms with Crippen molar-refractivity contribution in [1.29, 1.82) is 0 Å². The van der Waals surface area contributed by atoms with Gasteiger partial charge in [-0.25, -0.2) is 13.3 Å². The molecule has 0 spiro atoms. The number of rotatable bonds is 7. The minimum Gasteiger partial charge on any atom is -0.274 e. The Morgan fingerprint density at radius 2 is 1.68 bits per heavy atom. The molecule has 2 amide bonds. The fourth-order valence-corrected chi connectivity index (χ4v) is 6.78. The number of hydrogen-bond donors (Lipinski definition) is 0. The summed E-state index contributed by atoms with van der Waals surface area (Å²) in [6.45, 7) is 0.0507. The topological polar surface area (TPSA) is 74.8 Å². The van der Waals surface area contributed by atoms with Gasteiger partial charge >= 0.3 is 0 Å². The Labute approximate surface area is 214 Å². The van der Waals surface area contributed by atoms with Gasteiger partial charge in [-0.1, -0.05) is 46.5 Å². The number of carbonyl (C=O) groups is 2. The Kier molecular flexibility index (Phi) is 7.69. The van der Waals surface area contributed by atoms with E-state index in [2.05, 4.69) is 6.08 Å². The molecule has 1 aliphatic carbocycles. The van der Waals surface area contributed by atoms with E-state index in [1.165, 1.54) is 18.2 Å². The van der Waals surface area contributed by atoms with E-state index in [4.69, 9.17) is 34.8 Å². The largest absolute Gasteiger partial charge is 0.274 e. The summed E-state index contributed by atoms with van der Waals surface area (Å²) in [7, 11) is -4.24. The summed E-state index contributed by atoms with van der Waals surface area (Å²) in [4.78, 5) is 27.1. The van der Waals surface area contributed by atoms with Crippen LogP contribution in [0.4, 0.5) is 5.69 Å². The lowest BCUT2D eigenvalue weighted by Gasteiger charge is -2.28. The van der Waals surface area contributed by atoms with Crippen LogP contribution in [0.25, 0.3) is 0 Å². The molecule has 34 heavy (non-hydrogen) atoms. The molecule has 4 rings (SSSR count). The zero-order valence-corrected chi connectivity index (χ0v) is 21.3. The maximum atomic E-state index is 13.8. The second-order valence-electron chi connectivity index (χ2n) is 8.31. The Morgan fingerprint density at radius 1 is 0.971 bits per heavy atom. The zero-order valence-electron chi connectivity index (χ0n) is 18.2. The van der Waals surface area contributed by atoms with Gasteiger partial charge in [-0.05, 0) is 74.6 Å². The van der Waals surface area contributed by atoms with Crippen LogP contribution >= 0.6 is 34.8 Å². The molecule has 1 heterocycles. The standard InChI is InChI=1S/C24H23Cl3N2O4S/c25-17-6-9-19(10-7-17)29-23(30)15-21(24(29)31)28(13-12-16-4-2-1-3-5-16)34(32,33)22-14-18(26)8-11-20(22)27/h4,6-11,14,21H,1-3,5,12-13,15H2. The van der Waals surface area contributed by atoms with Gasteiger partial charge in [0, 0.05) is 16.6 Å². The number of benzene rings is 2. The Balaban J connectivity index is 1.71. The third kappa shape index (κ3) is 5.19. The summed E-state index contributed by atoms with van der Waals surface area (Å²) < 4.78 is 28.6. The second kappa shape index (κ2) is 10.4. The number of sulfonamides is 1. The number of halogens is 3. The van der Waals surface area contributed by atoms with Crippen LogP contribution in [0.15, 0.2) is 59.0 Å². The maximum Gasteiger partial charge on any atom is 0.252 e. The fourth-order valence-electron chi connectivity index (χ4n) is 4.33. The SMILES string of the molecule is O=C1CC(N(CCC2=CCCCC2)S(=O)(=O)c2cc(Cl)ccc2Cl)C(=O)N1c1ccc(Cl)cc1. The summed E-state index contributed by atoms with van der Waals surface area (Å²) in [6, 6.07) is 9.23. The molecule has 0 bridgehead atoms. The summed E-state index contributed by atoms with van der Waals surface area (Å²) in [5.74, 6) is -1.08. The Morgan fingerprint density at radius 3 is 2.35 bits per heavy atom. The van der Waals surface area contributed by atoms with Crippen LogP contribution in [0, 0.1) is 0 Å². The predicted molar refractivity (Wildman–Crippen MR) is 134 cm³/mol. The molecule has 1 saturated heterocycles. The van der Waals surface area contributed by atoms with Gasteiger partial charge in [0.1, 0.15) is 10.9 Å². The molecule has 1 aliphatic heterocycles. The van der Waals surface area contributed by atoms with Crippen LogP contribution in [0.5, 0.6) is 0 Å². The molecular formula is C24H23Cl3N2O4S. The average molecular weight is 542 g/mol. The van der Waals surface area contributed by atoms with Crippen LogP contribution in [-0.2, 0) is 19.6 Å². The Bertz CT molecular complexity index is 1250. The van der Waals surface area contributed by atoms with E-state index in [0.29, 0.717) is 17.1 Å². The second-order valence-corrected chi connectivity index (χ2v) is 11.5. The number of carbonyl (C=O) groups excluding carboxylic acids is 2. The van der Waals surface area contributed by atoms with Crippen LogP contribution < -0.4 is 4.90 Å². The molecule has 10 heteroatoms. The molecule has 2 aromatic carbocycles. The number of allylic oxidation sites excluding steroid dienone is 1. The molecule has 0 N–H and O–H groups in total. The van der Waals surface area contributed by atoms with Crippen molar-refractivity contribution < 1.29 is 18.0 Å². The molecule has 0 aromatic heterocycles. The minimum atomic E-state index is -4.24. The molecule has 180 valence electrons. The van der Waals surface area contributed by atoms with Gasteiger partial charge in [0.15, 0.2) is 0 Å². The summed E-state index contributed by atoms with van der Waals surface area (Å²) in [6.07, 6.45) is 6.32. The van der Waals surface area contributed by atoms with Crippen molar-refractivity contribution in [2.75, 3.05) is 11.4 Å². The van der Waals surface area contributed by atoms with E-state index in [-0.39, 0.29) is 27.9 Å². The lowest BCUT2D eigenvalue weighted by atomic mass is 9.97. The van der Waals surface area contributed by atoms with Gasteiger partial charge in [-0.3, -0.25) is 9.59 Å². The van der Waals surface area contributed by atoms with Gasteiger partial charge < -0.3 is 0 Å². The van der Waals surface area contributed by atoms with Crippen molar-refractivity contribution in [3.8, 4) is 0 Å². The van der Waals surface area contributed by atoms with Crippen LogP contribution in [0.3, 0.4) is 0 Å². The van der Waals surface area contributed by atoms with Crippen molar-refractivity contribution in [2.24, 2.45) is 0 Å². The molecule has 6 nitrogen and oxygen atoms in total. The number of nitrogens with zero attached hydrogens (tertiary/aromatic N) is 2. The normalized spacial score (nSPS) is 19.1. The van der Waals surface area contributed by atoms with E-state index >= 15 is 0 Å². The number of hydrogen-bond acceptors (Lipinski definition) is 4. The van der Waals surface area contributed by atoms with Crippen molar-refractivity contribution in [2.45, 2.75) is 49.5 Å². The highest BCUT2D eigenvalue weighted by Crippen LogP contribution is 2.34. The molecule has 0 saturated carbocycles. The summed E-state index contributed by atoms with van der Waals surface area (Å²) in [5, 5.41) is 0.659. The van der Waals surface area contributed by atoms with Gasteiger partial charge in [-0.15, -0.1) is 0 Å². The molecule has 0 radical (unpaired) electrons. The quantitative estimate of drug-likeness (QED) is 0.325. The monoisotopic (exact) mass is 540 g/mol. The molecule has 1 fully saturated rings. The third-order valence-corrected chi connectivity index (χ3v) is 8.95. The van der Waals surface area contributed by atoms with Gasteiger partial charge in [0.05, 0.1) is 17.1 Å².